The van der Waals surface area contributed by atoms with Crippen LogP contribution in [0.3, 0.4) is 0 Å². The molecular weight excluding hydrogens is 494 g/mol. The summed E-state index contributed by atoms with van der Waals surface area (Å²) in [7, 11) is 0. The number of aromatic nitrogens is 2. The molecule has 2 aromatic carbocycles. The molecule has 5 aliphatic rings. The van der Waals surface area contributed by atoms with Crippen LogP contribution in [-0.2, 0) is 17.8 Å². The molecular formula is C28H28ClN3O5. The van der Waals surface area contributed by atoms with Crippen molar-refractivity contribution in [3.05, 3.63) is 81.1 Å². The lowest BCUT2D eigenvalue weighted by Gasteiger charge is -2.30. The van der Waals surface area contributed by atoms with Crippen LogP contribution in [0.5, 0.6) is 11.8 Å². The lowest BCUT2D eigenvalue weighted by Crippen LogP contribution is -2.36. The third kappa shape index (κ3) is 5.54. The molecule has 6 heterocycles. The zero-order chi connectivity index (χ0) is 25.9. The SMILES string of the molecule is Cc1nc2ncc1C(CC(=O)O)c1ccc3c(c1)CN(CC3)C(=O)c1ccc(c(Cl)c1)OCCCCO2. The van der Waals surface area contributed by atoms with E-state index in [1.807, 2.05) is 25.1 Å². The molecule has 8 rings (SSSR count). The number of carbonyl (C=O) groups is 2. The number of ether oxygens (including phenoxy) is 2. The topological polar surface area (TPSA) is 102 Å². The normalized spacial score (nSPS) is 17.7. The van der Waals surface area contributed by atoms with Crippen LogP contribution in [-0.4, -0.2) is 51.6 Å². The van der Waals surface area contributed by atoms with Crippen LogP contribution in [0.4, 0.5) is 0 Å². The lowest BCUT2D eigenvalue weighted by molar-refractivity contribution is -0.137. The van der Waals surface area contributed by atoms with Crippen LogP contribution >= 0.6 is 11.6 Å². The van der Waals surface area contributed by atoms with Gasteiger partial charge in [-0.25, -0.2) is 9.97 Å². The first-order valence-corrected chi connectivity index (χ1v) is 12.8. The standard InChI is InChI=1S/C28H28ClN3O5/c1-17-23-15-30-28(31-17)37-11-3-2-10-36-25-7-6-20(13-24(25)29)27(35)32-9-8-18-4-5-19(12-21(18)16-32)22(23)14-26(33)34/h4-7,12-13,15,22H,2-3,8-11,14,16H2,1H3,(H,33,34). The molecule has 7 bridgehead atoms. The van der Waals surface area contributed by atoms with Crippen molar-refractivity contribution < 1.29 is 24.2 Å². The first-order chi connectivity index (χ1) is 17.9. The second kappa shape index (κ2) is 10.8. The minimum absolute atomic E-state index is 0.101. The highest BCUT2D eigenvalue weighted by Gasteiger charge is 2.26. The smallest absolute Gasteiger partial charge is 0.316 e. The molecule has 1 aromatic heterocycles. The predicted octanol–water partition coefficient (Wildman–Crippen LogP) is 4.79. The van der Waals surface area contributed by atoms with E-state index >= 15 is 0 Å². The third-order valence-electron chi connectivity index (χ3n) is 6.89. The van der Waals surface area contributed by atoms with E-state index in [0.29, 0.717) is 54.8 Å². The highest BCUT2D eigenvalue weighted by molar-refractivity contribution is 6.32. The molecule has 8 nitrogen and oxygen atoms in total. The van der Waals surface area contributed by atoms with E-state index in [-0.39, 0.29) is 18.3 Å². The van der Waals surface area contributed by atoms with Crippen molar-refractivity contribution in [1.82, 2.24) is 14.9 Å². The van der Waals surface area contributed by atoms with Crippen LogP contribution in [0, 0.1) is 6.92 Å². The van der Waals surface area contributed by atoms with E-state index in [4.69, 9.17) is 21.1 Å². The molecule has 0 spiro atoms. The van der Waals surface area contributed by atoms with Gasteiger partial charge in [0.05, 0.1) is 24.7 Å². The Morgan fingerprint density at radius 3 is 2.70 bits per heavy atom. The van der Waals surface area contributed by atoms with Crippen LogP contribution in [0.1, 0.15) is 63.5 Å². The van der Waals surface area contributed by atoms with Gasteiger partial charge in [-0.05, 0) is 61.1 Å². The number of benzene rings is 2. The number of rotatable bonds is 2. The fourth-order valence-electron chi connectivity index (χ4n) is 4.90. The molecule has 0 radical (unpaired) electrons. The van der Waals surface area contributed by atoms with Gasteiger partial charge in [0, 0.05) is 42.0 Å². The summed E-state index contributed by atoms with van der Waals surface area (Å²) >= 11 is 6.43. The maximum atomic E-state index is 13.3. The molecule has 5 aliphatic heterocycles. The Labute approximate surface area is 220 Å². The molecule has 1 N–H and O–H groups in total. The van der Waals surface area contributed by atoms with Gasteiger partial charge in [-0.15, -0.1) is 0 Å². The van der Waals surface area contributed by atoms with Gasteiger partial charge in [0.15, 0.2) is 0 Å². The van der Waals surface area contributed by atoms with Gasteiger partial charge >= 0.3 is 12.0 Å². The van der Waals surface area contributed by atoms with E-state index in [0.717, 1.165) is 35.1 Å². The van der Waals surface area contributed by atoms with E-state index in [1.54, 1.807) is 29.3 Å². The number of hydrogen-bond acceptors (Lipinski definition) is 6. The fraction of sp³-hybridized carbons (Fsp3) is 0.357. The molecule has 37 heavy (non-hydrogen) atoms. The molecule has 0 saturated heterocycles. The van der Waals surface area contributed by atoms with Gasteiger partial charge < -0.3 is 19.5 Å². The largest absolute Gasteiger partial charge is 0.492 e. The number of carboxylic acid groups (broad SMARTS) is 1. The summed E-state index contributed by atoms with van der Waals surface area (Å²) in [6.45, 7) is 3.74. The van der Waals surface area contributed by atoms with Gasteiger partial charge in [0.2, 0.25) is 0 Å². The van der Waals surface area contributed by atoms with Crippen molar-refractivity contribution in [2.45, 2.75) is 45.1 Å². The molecule has 3 aromatic rings. The predicted molar refractivity (Wildman–Crippen MR) is 137 cm³/mol. The fourth-order valence-corrected chi connectivity index (χ4v) is 5.13. The molecule has 1 amide bonds. The highest BCUT2D eigenvalue weighted by atomic mass is 35.5. The number of nitrogens with zero attached hydrogens (tertiary/aromatic N) is 3. The Morgan fingerprint density at radius 1 is 1.14 bits per heavy atom. The summed E-state index contributed by atoms with van der Waals surface area (Å²) < 4.78 is 11.5. The van der Waals surface area contributed by atoms with Crippen molar-refractivity contribution in [1.29, 1.82) is 0 Å². The van der Waals surface area contributed by atoms with Gasteiger partial charge in [0.25, 0.3) is 5.91 Å². The second-order valence-electron chi connectivity index (χ2n) is 9.40. The van der Waals surface area contributed by atoms with Crippen LogP contribution < -0.4 is 9.47 Å². The second-order valence-corrected chi connectivity index (χ2v) is 9.81. The zero-order valence-electron chi connectivity index (χ0n) is 20.6. The van der Waals surface area contributed by atoms with Gasteiger partial charge in [-0.3, -0.25) is 9.59 Å². The minimum atomic E-state index is -0.910. The lowest BCUT2D eigenvalue weighted by atomic mass is 9.85. The summed E-state index contributed by atoms with van der Waals surface area (Å²) in [6.07, 6.45) is 3.74. The zero-order valence-corrected chi connectivity index (χ0v) is 21.3. The van der Waals surface area contributed by atoms with E-state index in [2.05, 4.69) is 9.97 Å². The van der Waals surface area contributed by atoms with Crippen LogP contribution in [0.25, 0.3) is 0 Å². The van der Waals surface area contributed by atoms with Gasteiger partial charge in [0.1, 0.15) is 5.75 Å². The van der Waals surface area contributed by atoms with Crippen molar-refractivity contribution in [2.75, 3.05) is 19.8 Å². The summed E-state index contributed by atoms with van der Waals surface area (Å²) in [6, 6.07) is 11.4. The maximum Gasteiger partial charge on any atom is 0.316 e. The van der Waals surface area contributed by atoms with Crippen molar-refractivity contribution in [3.8, 4) is 11.8 Å². The molecule has 192 valence electrons. The Kier molecular flexibility index (Phi) is 7.28. The van der Waals surface area contributed by atoms with Crippen LogP contribution in [0.15, 0.2) is 42.6 Å². The number of amides is 1. The monoisotopic (exact) mass is 521 g/mol. The van der Waals surface area contributed by atoms with Crippen LogP contribution in [0.2, 0.25) is 5.02 Å². The molecule has 9 heteroatoms. The molecule has 1 atom stereocenters. The number of hydrogen-bond donors (Lipinski definition) is 1. The number of aliphatic carboxylic acids is 1. The van der Waals surface area contributed by atoms with Crippen molar-refractivity contribution >= 4 is 23.5 Å². The summed E-state index contributed by atoms with van der Waals surface area (Å²) in [5.74, 6) is -0.903. The summed E-state index contributed by atoms with van der Waals surface area (Å²) in [5.41, 5.74) is 4.93. The minimum Gasteiger partial charge on any atom is -0.492 e. The highest BCUT2D eigenvalue weighted by Crippen LogP contribution is 2.33. The van der Waals surface area contributed by atoms with E-state index < -0.39 is 11.9 Å². The third-order valence-corrected chi connectivity index (χ3v) is 7.18. The number of aryl methyl sites for hydroxylation is 1. The van der Waals surface area contributed by atoms with Crippen molar-refractivity contribution in [3.63, 3.8) is 0 Å². The quantitative estimate of drug-likeness (QED) is 0.517. The molecule has 0 aliphatic carbocycles. The Hall–Kier alpha value is -3.65. The van der Waals surface area contributed by atoms with E-state index in [9.17, 15) is 14.7 Å². The Bertz CT molecular complexity index is 1350. The maximum absolute atomic E-state index is 13.3. The molecule has 0 saturated carbocycles. The number of halogens is 1. The molecule has 0 fully saturated rings. The number of carbonyl (C=O) groups excluding carboxylic acids is 1. The van der Waals surface area contributed by atoms with Gasteiger partial charge in [-0.1, -0.05) is 29.8 Å². The summed E-state index contributed by atoms with van der Waals surface area (Å²) in [5, 5.41) is 10.1. The first-order valence-electron chi connectivity index (χ1n) is 12.4. The Morgan fingerprint density at radius 2 is 1.95 bits per heavy atom. The molecule has 1 unspecified atom stereocenters. The first kappa shape index (κ1) is 25.0. The Balaban J connectivity index is 1.53. The van der Waals surface area contributed by atoms with Crippen molar-refractivity contribution in [2.24, 2.45) is 0 Å². The average Bonchev–Trinajstić information content (AvgIpc) is 2.88. The van der Waals surface area contributed by atoms with E-state index in [1.165, 1.54) is 0 Å². The van der Waals surface area contributed by atoms with Gasteiger partial charge in [-0.2, -0.15) is 0 Å². The number of carboxylic acids is 1. The summed E-state index contributed by atoms with van der Waals surface area (Å²) in [4.78, 5) is 35.8. The average molecular weight is 522 g/mol.